The van der Waals surface area contributed by atoms with Crippen LogP contribution in [0.15, 0.2) is 48.5 Å². The van der Waals surface area contributed by atoms with Crippen molar-refractivity contribution < 1.29 is 14.6 Å². The van der Waals surface area contributed by atoms with Gasteiger partial charge >= 0.3 is 6.09 Å². The lowest BCUT2D eigenvalue weighted by molar-refractivity contribution is 0.122. The van der Waals surface area contributed by atoms with Crippen LogP contribution < -0.4 is 9.64 Å². The maximum Gasteiger partial charge on any atom is 0.407 e. The van der Waals surface area contributed by atoms with Crippen molar-refractivity contribution in [1.82, 2.24) is 4.90 Å². The van der Waals surface area contributed by atoms with E-state index in [0.29, 0.717) is 26.2 Å². The fourth-order valence-corrected chi connectivity index (χ4v) is 3.20. The number of nitrogens with zero attached hydrogens (tertiary/aromatic N) is 2. The number of anilines is 1. The summed E-state index contributed by atoms with van der Waals surface area (Å²) in [6.45, 7) is 6.48. The number of hydrogen-bond donors (Lipinski definition) is 1. The number of carbonyl (C=O) groups is 1. The third-order valence-electron chi connectivity index (χ3n) is 4.63. The molecule has 0 spiro atoms. The molecule has 1 atom stereocenters. The third kappa shape index (κ3) is 4.05. The van der Waals surface area contributed by atoms with Gasteiger partial charge in [0.05, 0.1) is 0 Å². The van der Waals surface area contributed by atoms with Crippen molar-refractivity contribution in [1.29, 1.82) is 0 Å². The Kier molecular flexibility index (Phi) is 5.12. The van der Waals surface area contributed by atoms with Crippen LogP contribution in [0.25, 0.3) is 0 Å². The predicted molar refractivity (Wildman–Crippen MR) is 98.4 cm³/mol. The first-order valence-corrected chi connectivity index (χ1v) is 8.56. The minimum Gasteiger partial charge on any atom is -0.489 e. The highest BCUT2D eigenvalue weighted by Gasteiger charge is 2.27. The van der Waals surface area contributed by atoms with Crippen molar-refractivity contribution in [2.24, 2.45) is 0 Å². The lowest BCUT2D eigenvalue weighted by Crippen LogP contribution is -2.53. The monoisotopic (exact) mass is 340 g/mol. The first-order chi connectivity index (χ1) is 12.0. The quantitative estimate of drug-likeness (QED) is 0.921. The Morgan fingerprint density at radius 1 is 1.20 bits per heavy atom. The molecule has 0 radical (unpaired) electrons. The zero-order valence-electron chi connectivity index (χ0n) is 14.7. The Bertz CT molecular complexity index is 733. The van der Waals surface area contributed by atoms with Crippen molar-refractivity contribution in [3.05, 3.63) is 59.7 Å². The second kappa shape index (κ2) is 7.47. The largest absolute Gasteiger partial charge is 0.489 e. The van der Waals surface area contributed by atoms with E-state index in [4.69, 9.17) is 4.74 Å². The first-order valence-electron chi connectivity index (χ1n) is 8.56. The van der Waals surface area contributed by atoms with E-state index in [2.05, 4.69) is 17.0 Å². The van der Waals surface area contributed by atoms with E-state index in [1.165, 1.54) is 4.90 Å². The second-order valence-corrected chi connectivity index (χ2v) is 6.50. The summed E-state index contributed by atoms with van der Waals surface area (Å²) in [5, 5.41) is 9.19. The third-order valence-corrected chi connectivity index (χ3v) is 4.63. The van der Waals surface area contributed by atoms with Crippen molar-refractivity contribution in [2.75, 3.05) is 24.5 Å². The number of hydrogen-bond acceptors (Lipinski definition) is 3. The van der Waals surface area contributed by atoms with Crippen LogP contribution in [0, 0.1) is 6.92 Å². The summed E-state index contributed by atoms with van der Waals surface area (Å²) in [4.78, 5) is 14.9. The molecular weight excluding hydrogens is 316 g/mol. The van der Waals surface area contributed by atoms with Crippen LogP contribution in [0.3, 0.4) is 0 Å². The van der Waals surface area contributed by atoms with Gasteiger partial charge in [-0.1, -0.05) is 30.3 Å². The highest BCUT2D eigenvalue weighted by molar-refractivity contribution is 5.66. The molecule has 2 aromatic rings. The van der Waals surface area contributed by atoms with Gasteiger partial charge in [0.2, 0.25) is 0 Å². The molecule has 1 N–H and O–H groups in total. The molecule has 1 aliphatic rings. The van der Waals surface area contributed by atoms with E-state index < -0.39 is 6.09 Å². The number of benzene rings is 2. The van der Waals surface area contributed by atoms with Gasteiger partial charge < -0.3 is 19.6 Å². The van der Waals surface area contributed by atoms with Gasteiger partial charge in [0.15, 0.2) is 0 Å². The molecule has 25 heavy (non-hydrogen) atoms. The molecule has 132 valence electrons. The van der Waals surface area contributed by atoms with Crippen LogP contribution in [0.5, 0.6) is 5.75 Å². The highest BCUT2D eigenvalue weighted by Crippen LogP contribution is 2.27. The maximum absolute atomic E-state index is 11.2. The summed E-state index contributed by atoms with van der Waals surface area (Å²) in [6.07, 6.45) is -0.840. The topological polar surface area (TPSA) is 53.0 Å². The van der Waals surface area contributed by atoms with Crippen LogP contribution in [0.2, 0.25) is 0 Å². The Morgan fingerprint density at radius 3 is 2.60 bits per heavy atom. The fourth-order valence-electron chi connectivity index (χ4n) is 3.20. The molecule has 0 bridgehead atoms. The molecule has 1 saturated heterocycles. The zero-order chi connectivity index (χ0) is 17.8. The average Bonchev–Trinajstić information content (AvgIpc) is 2.61. The predicted octanol–water partition coefficient (Wildman–Crippen LogP) is 3.76. The molecule has 1 aliphatic heterocycles. The molecule has 1 unspecified atom stereocenters. The zero-order valence-corrected chi connectivity index (χ0v) is 14.7. The minimum absolute atomic E-state index is 0.0134. The molecule has 1 amide bonds. The normalized spacial score (nSPS) is 17.4. The molecule has 1 heterocycles. The summed E-state index contributed by atoms with van der Waals surface area (Å²) in [6, 6.07) is 16.3. The number of amides is 1. The Balaban J connectivity index is 1.65. The fraction of sp³-hybridized carbons (Fsp3) is 0.350. The van der Waals surface area contributed by atoms with Crippen molar-refractivity contribution in [2.45, 2.75) is 26.5 Å². The molecule has 0 saturated carbocycles. The van der Waals surface area contributed by atoms with E-state index in [-0.39, 0.29) is 6.04 Å². The van der Waals surface area contributed by atoms with Gasteiger partial charge in [0.1, 0.15) is 12.4 Å². The van der Waals surface area contributed by atoms with E-state index in [1.807, 2.05) is 50.2 Å². The summed E-state index contributed by atoms with van der Waals surface area (Å²) >= 11 is 0. The number of ether oxygens (including phenoxy) is 1. The molecule has 1 fully saturated rings. The minimum atomic E-state index is -0.840. The number of carboxylic acid groups (broad SMARTS) is 1. The van der Waals surface area contributed by atoms with Crippen LogP contribution >= 0.6 is 0 Å². The molecule has 0 aromatic heterocycles. The Labute approximate surface area is 148 Å². The van der Waals surface area contributed by atoms with Gasteiger partial charge in [-0.25, -0.2) is 4.79 Å². The van der Waals surface area contributed by atoms with Gasteiger partial charge in [-0.05, 0) is 43.2 Å². The Hall–Kier alpha value is -2.69. The van der Waals surface area contributed by atoms with Crippen LogP contribution in [0.4, 0.5) is 10.5 Å². The lowest BCUT2D eigenvalue weighted by atomic mass is 10.1. The second-order valence-electron chi connectivity index (χ2n) is 6.50. The summed E-state index contributed by atoms with van der Waals surface area (Å²) in [5.41, 5.74) is 3.34. The SMILES string of the molecule is Cc1cc(N2CCN(C(=O)O)C(C)C2)ccc1OCc1ccccc1. The van der Waals surface area contributed by atoms with Gasteiger partial charge in [-0.15, -0.1) is 0 Å². The summed E-state index contributed by atoms with van der Waals surface area (Å²) in [5.74, 6) is 0.879. The van der Waals surface area contributed by atoms with E-state index in [0.717, 1.165) is 22.6 Å². The number of aryl methyl sites for hydroxylation is 1. The van der Waals surface area contributed by atoms with Crippen LogP contribution in [0.1, 0.15) is 18.1 Å². The van der Waals surface area contributed by atoms with Crippen molar-refractivity contribution in [3.8, 4) is 5.75 Å². The Morgan fingerprint density at radius 2 is 1.96 bits per heavy atom. The highest BCUT2D eigenvalue weighted by atomic mass is 16.5. The summed E-state index contributed by atoms with van der Waals surface area (Å²) < 4.78 is 5.93. The van der Waals surface area contributed by atoms with Crippen molar-refractivity contribution >= 4 is 11.8 Å². The average molecular weight is 340 g/mol. The smallest absolute Gasteiger partial charge is 0.407 e. The maximum atomic E-state index is 11.2. The molecule has 5 heteroatoms. The van der Waals surface area contributed by atoms with Gasteiger partial charge in [-0.2, -0.15) is 0 Å². The molecule has 3 rings (SSSR count). The van der Waals surface area contributed by atoms with E-state index >= 15 is 0 Å². The van der Waals surface area contributed by atoms with Gasteiger partial charge in [0.25, 0.3) is 0 Å². The molecule has 2 aromatic carbocycles. The van der Waals surface area contributed by atoms with Gasteiger partial charge in [-0.3, -0.25) is 0 Å². The van der Waals surface area contributed by atoms with Crippen LogP contribution in [-0.4, -0.2) is 41.8 Å². The van der Waals surface area contributed by atoms with E-state index in [1.54, 1.807) is 0 Å². The van der Waals surface area contributed by atoms with Gasteiger partial charge in [0, 0.05) is 31.4 Å². The first kappa shape index (κ1) is 17.1. The molecular formula is C20H24N2O3. The molecule has 5 nitrogen and oxygen atoms in total. The summed E-state index contributed by atoms with van der Waals surface area (Å²) in [7, 11) is 0. The number of rotatable bonds is 4. The van der Waals surface area contributed by atoms with Crippen LogP contribution in [-0.2, 0) is 6.61 Å². The standard InChI is InChI=1S/C20H24N2O3/c1-15-12-18(21-10-11-22(20(23)24)16(2)13-21)8-9-19(15)25-14-17-6-4-3-5-7-17/h3-9,12,16H,10-11,13-14H2,1-2H3,(H,23,24). The lowest BCUT2D eigenvalue weighted by Gasteiger charge is -2.39. The molecule has 0 aliphatic carbocycles. The van der Waals surface area contributed by atoms with Crippen molar-refractivity contribution in [3.63, 3.8) is 0 Å². The van der Waals surface area contributed by atoms with E-state index in [9.17, 15) is 9.90 Å². The number of piperazine rings is 1.